The molecule has 0 aromatic heterocycles. The summed E-state index contributed by atoms with van der Waals surface area (Å²) in [5.41, 5.74) is 1.64. The second-order valence-electron chi connectivity index (χ2n) is 4.90. The Kier molecular flexibility index (Phi) is 6.45. The van der Waals surface area contributed by atoms with Crippen molar-refractivity contribution in [1.82, 2.24) is 0 Å². The van der Waals surface area contributed by atoms with Crippen molar-refractivity contribution in [3.63, 3.8) is 0 Å². The number of carboxylic acid groups (broad SMARTS) is 1. The Morgan fingerprint density at radius 3 is 1.65 bits per heavy atom. The van der Waals surface area contributed by atoms with Crippen LogP contribution in [0.15, 0.2) is 94.7 Å². The van der Waals surface area contributed by atoms with Crippen molar-refractivity contribution < 1.29 is 9.90 Å². The maximum absolute atomic E-state index is 10.7. The SMILES string of the molecule is Cc1ccccc1.O=C(O)c1ccc(Sc2ccccc2)cc1. The molecule has 0 amide bonds. The Morgan fingerprint density at radius 1 is 0.739 bits per heavy atom. The van der Waals surface area contributed by atoms with E-state index in [-0.39, 0.29) is 0 Å². The van der Waals surface area contributed by atoms with E-state index >= 15 is 0 Å². The van der Waals surface area contributed by atoms with Crippen LogP contribution in [0.2, 0.25) is 0 Å². The van der Waals surface area contributed by atoms with Crippen LogP contribution in [0.5, 0.6) is 0 Å². The first-order valence-corrected chi connectivity index (χ1v) is 8.05. The lowest BCUT2D eigenvalue weighted by Gasteiger charge is -2.01. The molecule has 0 aliphatic rings. The lowest BCUT2D eigenvalue weighted by Crippen LogP contribution is -1.94. The largest absolute Gasteiger partial charge is 0.478 e. The van der Waals surface area contributed by atoms with E-state index in [1.165, 1.54) is 5.56 Å². The molecule has 3 aromatic rings. The standard InChI is InChI=1S/C13H10O2S.C7H8/c14-13(15)10-6-8-12(9-7-10)16-11-4-2-1-3-5-11;1-7-5-3-2-4-6-7/h1-9H,(H,14,15);2-6H,1H3. The lowest BCUT2D eigenvalue weighted by molar-refractivity contribution is 0.0697. The highest BCUT2D eigenvalue weighted by molar-refractivity contribution is 7.99. The van der Waals surface area contributed by atoms with Crippen LogP contribution in [0, 0.1) is 6.92 Å². The maximum atomic E-state index is 10.7. The van der Waals surface area contributed by atoms with Gasteiger partial charge in [-0.25, -0.2) is 4.79 Å². The number of benzene rings is 3. The molecule has 0 atom stereocenters. The summed E-state index contributed by atoms with van der Waals surface area (Å²) in [5, 5.41) is 8.76. The predicted molar refractivity (Wildman–Crippen MR) is 95.1 cm³/mol. The molecule has 0 fully saturated rings. The average Bonchev–Trinajstić information content (AvgIpc) is 2.57. The van der Waals surface area contributed by atoms with Crippen LogP contribution in [0.25, 0.3) is 0 Å². The van der Waals surface area contributed by atoms with Gasteiger partial charge in [-0.2, -0.15) is 0 Å². The third-order valence-electron chi connectivity index (χ3n) is 3.02. The number of carboxylic acids is 1. The fraction of sp³-hybridized carbons (Fsp3) is 0.0500. The summed E-state index contributed by atoms with van der Waals surface area (Å²) >= 11 is 1.62. The molecule has 3 rings (SSSR count). The van der Waals surface area contributed by atoms with Crippen LogP contribution >= 0.6 is 11.8 Å². The molecule has 2 nitrogen and oxygen atoms in total. The number of hydrogen-bond acceptors (Lipinski definition) is 2. The molecule has 0 saturated carbocycles. The Hall–Kier alpha value is -2.52. The molecule has 0 unspecified atom stereocenters. The maximum Gasteiger partial charge on any atom is 0.335 e. The van der Waals surface area contributed by atoms with Gasteiger partial charge in [-0.05, 0) is 43.3 Å². The van der Waals surface area contributed by atoms with Gasteiger partial charge in [0.15, 0.2) is 0 Å². The summed E-state index contributed by atoms with van der Waals surface area (Å²) in [4.78, 5) is 12.8. The van der Waals surface area contributed by atoms with E-state index in [2.05, 4.69) is 19.1 Å². The Labute approximate surface area is 140 Å². The quantitative estimate of drug-likeness (QED) is 0.689. The van der Waals surface area contributed by atoms with Crippen LogP contribution in [0.1, 0.15) is 15.9 Å². The van der Waals surface area contributed by atoms with Crippen LogP contribution < -0.4 is 0 Å². The topological polar surface area (TPSA) is 37.3 Å². The third-order valence-corrected chi connectivity index (χ3v) is 4.04. The van der Waals surface area contributed by atoms with Gasteiger partial charge in [-0.15, -0.1) is 0 Å². The highest BCUT2D eigenvalue weighted by atomic mass is 32.2. The van der Waals surface area contributed by atoms with E-state index < -0.39 is 5.97 Å². The fourth-order valence-corrected chi connectivity index (χ4v) is 2.66. The van der Waals surface area contributed by atoms with Crippen molar-refractivity contribution in [3.8, 4) is 0 Å². The first-order valence-electron chi connectivity index (χ1n) is 7.23. The molecule has 0 aliphatic carbocycles. The number of aromatic carboxylic acids is 1. The highest BCUT2D eigenvalue weighted by Gasteiger charge is 2.02. The van der Waals surface area contributed by atoms with Crippen molar-refractivity contribution in [2.24, 2.45) is 0 Å². The molecule has 0 spiro atoms. The predicted octanol–water partition coefficient (Wildman–Crippen LogP) is 5.53. The Morgan fingerprint density at radius 2 is 1.22 bits per heavy atom. The summed E-state index contributed by atoms with van der Waals surface area (Å²) < 4.78 is 0. The number of rotatable bonds is 3. The van der Waals surface area contributed by atoms with Gasteiger partial charge in [0, 0.05) is 9.79 Å². The summed E-state index contributed by atoms with van der Waals surface area (Å²) in [6.45, 7) is 2.08. The Balaban J connectivity index is 0.000000229. The van der Waals surface area contributed by atoms with Crippen molar-refractivity contribution >= 4 is 17.7 Å². The highest BCUT2D eigenvalue weighted by Crippen LogP contribution is 2.27. The van der Waals surface area contributed by atoms with Gasteiger partial charge in [0.1, 0.15) is 0 Å². The average molecular weight is 322 g/mol. The minimum absolute atomic E-state index is 0.317. The molecule has 0 saturated heterocycles. The first kappa shape index (κ1) is 16.8. The zero-order chi connectivity index (χ0) is 16.5. The Bertz CT molecular complexity index is 723. The normalized spacial score (nSPS) is 9.61. The van der Waals surface area contributed by atoms with Gasteiger partial charge in [-0.3, -0.25) is 0 Å². The van der Waals surface area contributed by atoms with Gasteiger partial charge >= 0.3 is 5.97 Å². The van der Waals surface area contributed by atoms with Crippen LogP contribution in [-0.4, -0.2) is 11.1 Å². The second-order valence-corrected chi connectivity index (χ2v) is 6.05. The monoisotopic (exact) mass is 322 g/mol. The van der Waals surface area contributed by atoms with Gasteiger partial charge in [0.25, 0.3) is 0 Å². The van der Waals surface area contributed by atoms with E-state index in [0.717, 1.165) is 9.79 Å². The van der Waals surface area contributed by atoms with Crippen molar-refractivity contribution in [3.05, 3.63) is 96.1 Å². The van der Waals surface area contributed by atoms with Crippen molar-refractivity contribution in [1.29, 1.82) is 0 Å². The molecule has 0 heterocycles. The summed E-state index contributed by atoms with van der Waals surface area (Å²) in [7, 11) is 0. The van der Waals surface area contributed by atoms with E-state index in [0.29, 0.717) is 5.56 Å². The molecule has 0 radical (unpaired) electrons. The minimum Gasteiger partial charge on any atom is -0.478 e. The molecule has 3 aromatic carbocycles. The molecular weight excluding hydrogens is 304 g/mol. The number of carbonyl (C=O) groups is 1. The fourth-order valence-electron chi connectivity index (χ4n) is 1.82. The molecule has 1 N–H and O–H groups in total. The lowest BCUT2D eigenvalue weighted by atomic mass is 10.2. The summed E-state index contributed by atoms with van der Waals surface area (Å²) in [6.07, 6.45) is 0. The van der Waals surface area contributed by atoms with Gasteiger partial charge in [0.2, 0.25) is 0 Å². The molecule has 3 heteroatoms. The second kappa shape index (κ2) is 8.81. The van der Waals surface area contributed by atoms with Crippen LogP contribution in [0.3, 0.4) is 0 Å². The molecule has 116 valence electrons. The third kappa shape index (κ3) is 6.01. The van der Waals surface area contributed by atoms with Crippen molar-refractivity contribution in [2.45, 2.75) is 16.7 Å². The van der Waals surface area contributed by atoms with E-state index in [1.807, 2.05) is 60.7 Å². The van der Waals surface area contributed by atoms with Gasteiger partial charge in [0.05, 0.1) is 5.56 Å². The number of aryl methyl sites for hydroxylation is 1. The van der Waals surface area contributed by atoms with E-state index in [1.54, 1.807) is 23.9 Å². The molecule has 0 bridgehead atoms. The summed E-state index contributed by atoms with van der Waals surface area (Å²) in [6, 6.07) is 27.1. The van der Waals surface area contributed by atoms with Crippen LogP contribution in [0.4, 0.5) is 0 Å². The zero-order valence-electron chi connectivity index (χ0n) is 12.8. The molecular formula is C20H18O2S. The number of hydrogen-bond donors (Lipinski definition) is 1. The van der Waals surface area contributed by atoms with Crippen molar-refractivity contribution in [2.75, 3.05) is 0 Å². The zero-order valence-corrected chi connectivity index (χ0v) is 13.7. The van der Waals surface area contributed by atoms with Crippen LogP contribution in [-0.2, 0) is 0 Å². The molecule has 0 aliphatic heterocycles. The first-order chi connectivity index (χ1) is 11.1. The van der Waals surface area contributed by atoms with Gasteiger partial charge < -0.3 is 5.11 Å². The smallest absolute Gasteiger partial charge is 0.335 e. The molecule has 23 heavy (non-hydrogen) atoms. The minimum atomic E-state index is -0.892. The van der Waals surface area contributed by atoms with E-state index in [4.69, 9.17) is 5.11 Å². The summed E-state index contributed by atoms with van der Waals surface area (Å²) in [5.74, 6) is -0.892. The van der Waals surface area contributed by atoms with E-state index in [9.17, 15) is 4.79 Å². The van der Waals surface area contributed by atoms with Gasteiger partial charge in [-0.1, -0.05) is 65.9 Å².